The number of aromatic nitrogens is 1. The Morgan fingerprint density at radius 2 is 2.00 bits per heavy atom. The van der Waals surface area contributed by atoms with Gasteiger partial charge in [0.1, 0.15) is 11.6 Å². The Labute approximate surface area is 72.8 Å². The summed E-state index contributed by atoms with van der Waals surface area (Å²) in [7, 11) is 0. The SMILES string of the molecule is OCc1cc2cc(F)cc(F)c2[nH]1. The summed E-state index contributed by atoms with van der Waals surface area (Å²) in [6.07, 6.45) is 0. The zero-order chi connectivity index (χ0) is 9.42. The normalized spacial score (nSPS) is 11.0. The van der Waals surface area contributed by atoms with Crippen molar-refractivity contribution in [3.63, 3.8) is 0 Å². The van der Waals surface area contributed by atoms with Gasteiger partial charge in [-0.15, -0.1) is 0 Å². The van der Waals surface area contributed by atoms with Crippen LogP contribution in [0.25, 0.3) is 10.9 Å². The number of rotatable bonds is 1. The number of H-pyrrole nitrogens is 1. The van der Waals surface area contributed by atoms with Crippen molar-refractivity contribution in [1.82, 2.24) is 4.98 Å². The number of aliphatic hydroxyl groups excluding tert-OH is 1. The maximum Gasteiger partial charge on any atom is 0.150 e. The zero-order valence-electron chi connectivity index (χ0n) is 6.64. The summed E-state index contributed by atoms with van der Waals surface area (Å²) in [5.74, 6) is -1.26. The highest BCUT2D eigenvalue weighted by Gasteiger charge is 2.06. The molecule has 0 aliphatic rings. The topological polar surface area (TPSA) is 36.0 Å². The Bertz CT molecular complexity index is 450. The van der Waals surface area contributed by atoms with E-state index in [1.807, 2.05) is 0 Å². The minimum absolute atomic E-state index is 0.213. The second-order valence-electron chi connectivity index (χ2n) is 2.80. The van der Waals surface area contributed by atoms with E-state index in [0.29, 0.717) is 11.1 Å². The molecule has 0 aliphatic heterocycles. The summed E-state index contributed by atoms with van der Waals surface area (Å²) < 4.78 is 25.7. The molecule has 0 radical (unpaired) electrons. The van der Waals surface area contributed by atoms with Crippen LogP contribution in [0.3, 0.4) is 0 Å². The summed E-state index contributed by atoms with van der Waals surface area (Å²) in [6, 6.07) is 3.54. The first kappa shape index (κ1) is 8.19. The van der Waals surface area contributed by atoms with E-state index in [0.717, 1.165) is 6.07 Å². The van der Waals surface area contributed by atoms with Crippen LogP contribution in [0.5, 0.6) is 0 Å². The summed E-state index contributed by atoms with van der Waals surface area (Å²) in [5, 5.41) is 9.18. The lowest BCUT2D eigenvalue weighted by atomic mass is 10.2. The molecule has 2 nitrogen and oxygen atoms in total. The number of halogens is 2. The number of fused-ring (bicyclic) bond motifs is 1. The molecule has 0 atom stereocenters. The van der Waals surface area contributed by atoms with Crippen LogP contribution in [0.2, 0.25) is 0 Å². The van der Waals surface area contributed by atoms with Crippen molar-refractivity contribution in [3.8, 4) is 0 Å². The number of aliphatic hydroxyl groups is 1. The van der Waals surface area contributed by atoms with Crippen molar-refractivity contribution < 1.29 is 13.9 Å². The second kappa shape index (κ2) is 2.81. The highest BCUT2D eigenvalue weighted by molar-refractivity contribution is 5.80. The molecule has 1 aromatic carbocycles. The number of hydrogen-bond donors (Lipinski definition) is 2. The van der Waals surface area contributed by atoms with Gasteiger partial charge in [0, 0.05) is 17.1 Å². The first-order chi connectivity index (χ1) is 6.20. The standard InChI is InChI=1S/C9H7F2NO/c10-6-1-5-2-7(4-13)12-9(5)8(11)3-6/h1-3,12-13H,4H2. The lowest BCUT2D eigenvalue weighted by Crippen LogP contribution is -1.82. The second-order valence-corrected chi connectivity index (χ2v) is 2.80. The third-order valence-corrected chi connectivity index (χ3v) is 1.87. The quantitative estimate of drug-likeness (QED) is 0.696. The van der Waals surface area contributed by atoms with Crippen LogP contribution >= 0.6 is 0 Å². The van der Waals surface area contributed by atoms with Crippen molar-refractivity contribution in [2.75, 3.05) is 0 Å². The fraction of sp³-hybridized carbons (Fsp3) is 0.111. The van der Waals surface area contributed by atoms with Gasteiger partial charge in [-0.2, -0.15) is 0 Å². The van der Waals surface area contributed by atoms with E-state index in [1.165, 1.54) is 12.1 Å². The van der Waals surface area contributed by atoms with Gasteiger partial charge in [0.15, 0.2) is 0 Å². The summed E-state index contributed by atoms with van der Waals surface area (Å²) in [4.78, 5) is 2.65. The molecule has 2 aromatic rings. The summed E-state index contributed by atoms with van der Waals surface area (Å²) in [5.41, 5.74) is 0.699. The monoisotopic (exact) mass is 183 g/mol. The van der Waals surface area contributed by atoms with Crippen LogP contribution in [0.15, 0.2) is 18.2 Å². The molecule has 0 bridgehead atoms. The lowest BCUT2D eigenvalue weighted by molar-refractivity contribution is 0.278. The molecule has 13 heavy (non-hydrogen) atoms. The van der Waals surface area contributed by atoms with Crippen LogP contribution in [-0.4, -0.2) is 10.1 Å². The van der Waals surface area contributed by atoms with Crippen LogP contribution in [-0.2, 0) is 6.61 Å². The number of hydrogen-bond acceptors (Lipinski definition) is 1. The Balaban J connectivity index is 2.75. The third-order valence-electron chi connectivity index (χ3n) is 1.87. The average molecular weight is 183 g/mol. The first-order valence-electron chi connectivity index (χ1n) is 3.78. The molecule has 0 unspecified atom stereocenters. The molecule has 68 valence electrons. The van der Waals surface area contributed by atoms with E-state index in [9.17, 15) is 8.78 Å². The smallest absolute Gasteiger partial charge is 0.150 e. The fourth-order valence-corrected chi connectivity index (χ4v) is 1.31. The predicted octanol–water partition coefficient (Wildman–Crippen LogP) is 1.94. The molecule has 1 aromatic heterocycles. The van der Waals surface area contributed by atoms with Crippen LogP contribution in [0.4, 0.5) is 8.78 Å². The van der Waals surface area contributed by atoms with Crippen LogP contribution in [0, 0.1) is 11.6 Å². The molecular weight excluding hydrogens is 176 g/mol. The highest BCUT2D eigenvalue weighted by Crippen LogP contribution is 2.20. The van der Waals surface area contributed by atoms with E-state index in [2.05, 4.69) is 4.98 Å². The van der Waals surface area contributed by atoms with E-state index >= 15 is 0 Å². The molecule has 2 rings (SSSR count). The molecular formula is C9H7F2NO. The Morgan fingerprint density at radius 1 is 1.23 bits per heavy atom. The molecule has 2 N–H and O–H groups in total. The molecule has 1 heterocycles. The van der Waals surface area contributed by atoms with Gasteiger partial charge in [-0.05, 0) is 12.1 Å². The zero-order valence-corrected chi connectivity index (χ0v) is 6.64. The number of benzene rings is 1. The van der Waals surface area contributed by atoms with Crippen molar-refractivity contribution in [3.05, 3.63) is 35.5 Å². The molecule has 0 saturated heterocycles. The van der Waals surface area contributed by atoms with Gasteiger partial charge >= 0.3 is 0 Å². The fourth-order valence-electron chi connectivity index (χ4n) is 1.31. The number of nitrogens with one attached hydrogen (secondary N) is 1. The van der Waals surface area contributed by atoms with Crippen LogP contribution in [0.1, 0.15) is 5.69 Å². The molecule has 0 spiro atoms. The molecule has 0 saturated carbocycles. The molecule has 0 fully saturated rings. The van der Waals surface area contributed by atoms with Gasteiger partial charge in [-0.25, -0.2) is 8.78 Å². The van der Waals surface area contributed by atoms with Crippen molar-refractivity contribution in [1.29, 1.82) is 0 Å². The van der Waals surface area contributed by atoms with E-state index in [1.54, 1.807) is 0 Å². The van der Waals surface area contributed by atoms with Crippen LogP contribution < -0.4 is 0 Å². The minimum atomic E-state index is -0.644. The predicted molar refractivity (Wildman–Crippen MR) is 44.1 cm³/mol. The highest BCUT2D eigenvalue weighted by atomic mass is 19.1. The van der Waals surface area contributed by atoms with Gasteiger partial charge in [-0.1, -0.05) is 0 Å². The Hall–Kier alpha value is -1.42. The van der Waals surface area contributed by atoms with E-state index < -0.39 is 11.6 Å². The Morgan fingerprint density at radius 3 is 2.69 bits per heavy atom. The van der Waals surface area contributed by atoms with Gasteiger partial charge < -0.3 is 10.1 Å². The maximum atomic E-state index is 13.0. The maximum absolute atomic E-state index is 13.0. The van der Waals surface area contributed by atoms with Crippen molar-refractivity contribution in [2.45, 2.75) is 6.61 Å². The minimum Gasteiger partial charge on any atom is -0.390 e. The van der Waals surface area contributed by atoms with Crippen molar-refractivity contribution in [2.24, 2.45) is 0 Å². The Kier molecular flexibility index (Phi) is 1.77. The molecule has 4 heteroatoms. The summed E-state index contributed by atoms with van der Waals surface area (Å²) in [6.45, 7) is -0.213. The first-order valence-corrected chi connectivity index (χ1v) is 3.78. The lowest BCUT2D eigenvalue weighted by Gasteiger charge is -1.92. The number of aromatic amines is 1. The van der Waals surface area contributed by atoms with E-state index in [-0.39, 0.29) is 12.1 Å². The van der Waals surface area contributed by atoms with Gasteiger partial charge in [-0.3, -0.25) is 0 Å². The van der Waals surface area contributed by atoms with E-state index in [4.69, 9.17) is 5.11 Å². The molecule has 0 aliphatic carbocycles. The molecule has 0 amide bonds. The van der Waals surface area contributed by atoms with Gasteiger partial charge in [0.25, 0.3) is 0 Å². The third kappa shape index (κ3) is 1.29. The van der Waals surface area contributed by atoms with Gasteiger partial charge in [0.2, 0.25) is 0 Å². The van der Waals surface area contributed by atoms with Gasteiger partial charge in [0.05, 0.1) is 12.1 Å². The summed E-state index contributed by atoms with van der Waals surface area (Å²) >= 11 is 0. The largest absolute Gasteiger partial charge is 0.390 e. The van der Waals surface area contributed by atoms with Crippen molar-refractivity contribution >= 4 is 10.9 Å². The average Bonchev–Trinajstić information content (AvgIpc) is 2.47.